The van der Waals surface area contributed by atoms with Crippen molar-refractivity contribution in [1.82, 2.24) is 10.6 Å². The minimum Gasteiger partial charge on any atom is -0.469 e. The van der Waals surface area contributed by atoms with E-state index in [1.54, 1.807) is 6.26 Å². The summed E-state index contributed by atoms with van der Waals surface area (Å²) in [6, 6.07) is 4.29. The normalized spacial score (nSPS) is 27.6. The van der Waals surface area contributed by atoms with E-state index in [9.17, 15) is 0 Å². The van der Waals surface area contributed by atoms with Crippen LogP contribution >= 0.6 is 24.0 Å². The zero-order valence-corrected chi connectivity index (χ0v) is 16.8. The second-order valence-electron chi connectivity index (χ2n) is 6.92. The Morgan fingerprint density at radius 3 is 3.04 bits per heavy atom. The lowest BCUT2D eigenvalue weighted by Gasteiger charge is -2.54. The fourth-order valence-electron chi connectivity index (χ4n) is 3.82. The minimum atomic E-state index is 0. The van der Waals surface area contributed by atoms with Crippen LogP contribution in [0, 0.1) is 11.3 Å². The maximum absolute atomic E-state index is 5.86. The molecule has 3 atom stereocenters. The van der Waals surface area contributed by atoms with Gasteiger partial charge in [-0.2, -0.15) is 0 Å². The number of nitrogens with zero attached hydrogens (tertiary/aromatic N) is 1. The molecule has 2 fully saturated rings. The van der Waals surface area contributed by atoms with Gasteiger partial charge in [0.25, 0.3) is 0 Å². The quantitative estimate of drug-likeness (QED) is 0.306. The van der Waals surface area contributed by atoms with Crippen molar-refractivity contribution in [3.63, 3.8) is 0 Å². The topological polar surface area (TPSA) is 58.8 Å². The van der Waals surface area contributed by atoms with Crippen LogP contribution in [0.3, 0.4) is 0 Å². The molecule has 3 rings (SSSR count). The van der Waals surface area contributed by atoms with Crippen LogP contribution in [-0.2, 0) is 11.2 Å². The van der Waals surface area contributed by atoms with Gasteiger partial charge in [0.05, 0.1) is 12.4 Å². The number of furan rings is 1. The highest BCUT2D eigenvalue weighted by molar-refractivity contribution is 14.0. The third-order valence-electron chi connectivity index (χ3n) is 5.01. The number of fused-ring (bicyclic) bond motifs is 1. The van der Waals surface area contributed by atoms with Crippen LogP contribution in [0.1, 0.15) is 26.0 Å². The van der Waals surface area contributed by atoms with Crippen molar-refractivity contribution >= 4 is 29.9 Å². The molecule has 0 bridgehead atoms. The van der Waals surface area contributed by atoms with E-state index in [0.29, 0.717) is 31.2 Å². The summed E-state index contributed by atoms with van der Waals surface area (Å²) >= 11 is 0. The van der Waals surface area contributed by atoms with Crippen LogP contribution in [0.5, 0.6) is 0 Å². The van der Waals surface area contributed by atoms with Gasteiger partial charge in [-0.15, -0.1) is 30.6 Å². The van der Waals surface area contributed by atoms with Crippen molar-refractivity contribution in [3.05, 3.63) is 36.8 Å². The second-order valence-corrected chi connectivity index (χ2v) is 6.92. The summed E-state index contributed by atoms with van der Waals surface area (Å²) < 4.78 is 11.2. The highest BCUT2D eigenvalue weighted by Crippen LogP contribution is 2.52. The zero-order valence-electron chi connectivity index (χ0n) is 14.5. The Morgan fingerprint density at radius 2 is 2.33 bits per heavy atom. The Hall–Kier alpha value is -1.02. The van der Waals surface area contributed by atoms with Crippen LogP contribution < -0.4 is 10.6 Å². The molecular formula is C18H28IN3O2. The van der Waals surface area contributed by atoms with E-state index in [1.807, 2.05) is 18.2 Å². The van der Waals surface area contributed by atoms with Crippen LogP contribution in [0.25, 0.3) is 0 Å². The molecule has 1 saturated carbocycles. The number of hydrogen-bond acceptors (Lipinski definition) is 3. The molecule has 24 heavy (non-hydrogen) atoms. The van der Waals surface area contributed by atoms with Gasteiger partial charge in [-0.3, -0.25) is 4.99 Å². The van der Waals surface area contributed by atoms with Crippen LogP contribution in [0.15, 0.2) is 40.5 Å². The Bertz CT molecular complexity index is 557. The molecule has 0 radical (unpaired) electrons. The predicted octanol–water partition coefficient (Wildman–Crippen LogP) is 2.97. The SMILES string of the molecule is C=CCNC(=NCCc1ccco1)NC1C2CCOC2C1(C)C.I. The molecule has 3 unspecified atom stereocenters. The fraction of sp³-hybridized carbons (Fsp3) is 0.611. The van der Waals surface area contributed by atoms with Crippen molar-refractivity contribution in [3.8, 4) is 0 Å². The molecular weight excluding hydrogens is 417 g/mol. The molecule has 0 spiro atoms. The van der Waals surface area contributed by atoms with Gasteiger partial charge in [0, 0.05) is 43.5 Å². The van der Waals surface area contributed by atoms with Crippen molar-refractivity contribution in [1.29, 1.82) is 0 Å². The van der Waals surface area contributed by atoms with Gasteiger partial charge in [0.2, 0.25) is 0 Å². The molecule has 5 nitrogen and oxygen atoms in total. The lowest BCUT2D eigenvalue weighted by atomic mass is 9.57. The Labute approximate surface area is 161 Å². The van der Waals surface area contributed by atoms with Crippen LogP contribution in [0.2, 0.25) is 0 Å². The first-order chi connectivity index (χ1) is 11.1. The van der Waals surface area contributed by atoms with E-state index in [2.05, 4.69) is 36.1 Å². The highest BCUT2D eigenvalue weighted by Gasteiger charge is 2.59. The van der Waals surface area contributed by atoms with Crippen molar-refractivity contribution < 1.29 is 9.15 Å². The first-order valence-corrected chi connectivity index (χ1v) is 8.42. The monoisotopic (exact) mass is 445 g/mol. The van der Waals surface area contributed by atoms with Crippen LogP contribution in [0.4, 0.5) is 0 Å². The lowest BCUT2D eigenvalue weighted by Crippen LogP contribution is -2.68. The number of nitrogens with one attached hydrogen (secondary N) is 2. The van der Waals surface area contributed by atoms with E-state index >= 15 is 0 Å². The summed E-state index contributed by atoms with van der Waals surface area (Å²) in [6.07, 6.45) is 5.86. The van der Waals surface area contributed by atoms with Gasteiger partial charge in [0.15, 0.2) is 5.96 Å². The van der Waals surface area contributed by atoms with Gasteiger partial charge < -0.3 is 19.8 Å². The van der Waals surface area contributed by atoms with E-state index in [-0.39, 0.29) is 29.4 Å². The molecule has 0 amide bonds. The lowest BCUT2D eigenvalue weighted by molar-refractivity contribution is -0.106. The summed E-state index contributed by atoms with van der Waals surface area (Å²) in [4.78, 5) is 4.68. The predicted molar refractivity (Wildman–Crippen MR) is 107 cm³/mol. The molecule has 1 aliphatic carbocycles. The minimum absolute atomic E-state index is 0. The van der Waals surface area contributed by atoms with E-state index in [1.165, 1.54) is 0 Å². The van der Waals surface area contributed by atoms with Crippen molar-refractivity contribution in [2.75, 3.05) is 19.7 Å². The summed E-state index contributed by atoms with van der Waals surface area (Å²) in [5.74, 6) is 2.40. The average Bonchev–Trinajstić information content (AvgIpc) is 3.19. The molecule has 2 heterocycles. The first-order valence-electron chi connectivity index (χ1n) is 8.42. The van der Waals surface area contributed by atoms with Gasteiger partial charge >= 0.3 is 0 Å². The molecule has 1 aromatic heterocycles. The van der Waals surface area contributed by atoms with Gasteiger partial charge in [0.1, 0.15) is 5.76 Å². The Balaban J connectivity index is 0.00000208. The fourth-order valence-corrected chi connectivity index (χ4v) is 3.82. The smallest absolute Gasteiger partial charge is 0.191 e. The molecule has 2 aliphatic rings. The highest BCUT2D eigenvalue weighted by atomic mass is 127. The summed E-state index contributed by atoms with van der Waals surface area (Å²) in [5.41, 5.74) is 0.138. The third-order valence-corrected chi connectivity index (χ3v) is 5.01. The summed E-state index contributed by atoms with van der Waals surface area (Å²) in [5, 5.41) is 6.93. The molecule has 2 N–H and O–H groups in total. The Morgan fingerprint density at radius 1 is 1.50 bits per heavy atom. The molecule has 1 saturated heterocycles. The average molecular weight is 445 g/mol. The Kier molecular flexibility index (Phi) is 6.74. The van der Waals surface area contributed by atoms with E-state index < -0.39 is 0 Å². The standard InChI is InChI=1S/C18H27N3O2.HI/c1-4-9-19-17(20-10-7-13-6-5-11-22-13)21-15-14-8-12-23-16(14)18(15,2)3;/h4-6,11,14-16H,1,7-10,12H2,2-3H3,(H2,19,20,21);1H. The second kappa shape index (κ2) is 8.38. The third kappa shape index (κ3) is 3.96. The maximum Gasteiger partial charge on any atom is 0.191 e. The zero-order chi connectivity index (χ0) is 16.3. The van der Waals surface area contributed by atoms with Gasteiger partial charge in [-0.05, 0) is 18.6 Å². The van der Waals surface area contributed by atoms with E-state index in [0.717, 1.165) is 31.2 Å². The summed E-state index contributed by atoms with van der Waals surface area (Å²) in [7, 11) is 0. The number of rotatable bonds is 6. The molecule has 134 valence electrons. The van der Waals surface area contributed by atoms with Crippen molar-refractivity contribution in [2.45, 2.75) is 38.8 Å². The number of guanidine groups is 1. The molecule has 6 heteroatoms. The number of halogens is 1. The largest absolute Gasteiger partial charge is 0.469 e. The maximum atomic E-state index is 5.86. The van der Waals surface area contributed by atoms with Crippen LogP contribution in [-0.4, -0.2) is 37.8 Å². The van der Waals surface area contributed by atoms with Gasteiger partial charge in [-0.25, -0.2) is 0 Å². The molecule has 1 aromatic rings. The number of ether oxygens (including phenoxy) is 1. The van der Waals surface area contributed by atoms with Gasteiger partial charge in [-0.1, -0.05) is 19.9 Å². The number of aliphatic imine (C=N–C) groups is 1. The first kappa shape index (κ1) is 19.3. The van der Waals surface area contributed by atoms with Crippen molar-refractivity contribution in [2.24, 2.45) is 16.3 Å². The molecule has 1 aliphatic heterocycles. The molecule has 0 aromatic carbocycles. The van der Waals surface area contributed by atoms with E-state index in [4.69, 9.17) is 9.15 Å². The summed E-state index contributed by atoms with van der Waals surface area (Å²) in [6.45, 7) is 10.6. The number of hydrogen-bond donors (Lipinski definition) is 2.